The van der Waals surface area contributed by atoms with Gasteiger partial charge in [0.25, 0.3) is 11.5 Å². The average molecular weight is 329 g/mol. The average Bonchev–Trinajstić information content (AvgIpc) is 2.53. The monoisotopic (exact) mass is 329 g/mol. The SMILES string of the molecule is Cc1nn(C)c(=O)c(C(=O)N2CCc3cccc(F)c3[C@@H]2C)c1C. The molecule has 1 aromatic carbocycles. The lowest BCUT2D eigenvalue weighted by atomic mass is 9.92. The molecule has 1 aromatic heterocycles. The van der Waals surface area contributed by atoms with Gasteiger partial charge in [0, 0.05) is 19.2 Å². The number of nitrogens with zero attached hydrogens (tertiary/aromatic N) is 3. The van der Waals surface area contributed by atoms with Crippen molar-refractivity contribution < 1.29 is 9.18 Å². The van der Waals surface area contributed by atoms with Gasteiger partial charge in [0.2, 0.25) is 0 Å². The van der Waals surface area contributed by atoms with Crippen LogP contribution in [0.2, 0.25) is 0 Å². The van der Waals surface area contributed by atoms with E-state index < -0.39 is 11.6 Å². The summed E-state index contributed by atoms with van der Waals surface area (Å²) in [5.41, 5.74) is 2.37. The molecule has 3 rings (SSSR count). The second-order valence-corrected chi connectivity index (χ2v) is 6.25. The summed E-state index contributed by atoms with van der Waals surface area (Å²) in [5, 5.41) is 4.10. The maximum absolute atomic E-state index is 14.2. The molecule has 0 spiro atoms. The molecule has 0 saturated carbocycles. The van der Waals surface area contributed by atoms with E-state index in [2.05, 4.69) is 5.10 Å². The third-order valence-electron chi connectivity index (χ3n) is 4.85. The van der Waals surface area contributed by atoms with Crippen molar-refractivity contribution in [2.24, 2.45) is 7.05 Å². The highest BCUT2D eigenvalue weighted by molar-refractivity contribution is 5.95. The second kappa shape index (κ2) is 5.85. The van der Waals surface area contributed by atoms with E-state index in [0.29, 0.717) is 29.8 Å². The maximum atomic E-state index is 14.2. The van der Waals surface area contributed by atoms with Crippen LogP contribution in [0.3, 0.4) is 0 Å². The fourth-order valence-corrected chi connectivity index (χ4v) is 3.38. The van der Waals surface area contributed by atoms with Gasteiger partial charge >= 0.3 is 0 Å². The number of halogens is 1. The Morgan fingerprint density at radius 2 is 2.04 bits per heavy atom. The van der Waals surface area contributed by atoms with Gasteiger partial charge in [-0.25, -0.2) is 9.07 Å². The van der Waals surface area contributed by atoms with Gasteiger partial charge in [0.05, 0.1) is 11.7 Å². The lowest BCUT2D eigenvalue weighted by Gasteiger charge is -2.35. The van der Waals surface area contributed by atoms with Crippen LogP contribution in [0.4, 0.5) is 4.39 Å². The zero-order valence-corrected chi connectivity index (χ0v) is 14.3. The molecule has 0 fully saturated rings. The van der Waals surface area contributed by atoms with Crippen molar-refractivity contribution in [3.8, 4) is 0 Å². The number of aryl methyl sites for hydroxylation is 2. The lowest BCUT2D eigenvalue weighted by molar-refractivity contribution is 0.0670. The molecule has 1 amide bonds. The van der Waals surface area contributed by atoms with E-state index in [9.17, 15) is 14.0 Å². The normalized spacial score (nSPS) is 16.9. The Bertz CT molecular complexity index is 889. The Labute approximate surface area is 139 Å². The number of rotatable bonds is 1. The van der Waals surface area contributed by atoms with Gasteiger partial charge in [0.15, 0.2) is 0 Å². The highest BCUT2D eigenvalue weighted by Gasteiger charge is 2.32. The fourth-order valence-electron chi connectivity index (χ4n) is 3.38. The van der Waals surface area contributed by atoms with E-state index in [1.54, 1.807) is 31.7 Å². The number of carbonyl (C=O) groups excluding carboxylic acids is 1. The minimum absolute atomic E-state index is 0.122. The highest BCUT2D eigenvalue weighted by Crippen LogP contribution is 2.32. The standard InChI is InChI=1S/C18H20FN3O2/c1-10-11(2)20-21(4)17(23)15(10)18(24)22-9-8-13-6-5-7-14(19)16(13)12(22)3/h5-7,12H,8-9H2,1-4H3/t12-/m0/s1. The van der Waals surface area contributed by atoms with Crippen molar-refractivity contribution in [3.63, 3.8) is 0 Å². The smallest absolute Gasteiger partial charge is 0.279 e. The molecule has 0 unspecified atom stereocenters. The highest BCUT2D eigenvalue weighted by atomic mass is 19.1. The number of fused-ring (bicyclic) bond motifs is 1. The van der Waals surface area contributed by atoms with Crippen LogP contribution in [0, 0.1) is 19.7 Å². The van der Waals surface area contributed by atoms with Crippen LogP contribution in [0.25, 0.3) is 0 Å². The van der Waals surface area contributed by atoms with Gasteiger partial charge in [-0.05, 0) is 44.4 Å². The van der Waals surface area contributed by atoms with Crippen LogP contribution in [0.15, 0.2) is 23.0 Å². The lowest BCUT2D eigenvalue weighted by Crippen LogP contribution is -2.43. The molecule has 1 aliphatic heterocycles. The number of hydrogen-bond donors (Lipinski definition) is 0. The summed E-state index contributed by atoms with van der Waals surface area (Å²) < 4.78 is 15.4. The summed E-state index contributed by atoms with van der Waals surface area (Å²) in [6.45, 7) is 5.74. The molecule has 6 heteroatoms. The quantitative estimate of drug-likeness (QED) is 0.807. The van der Waals surface area contributed by atoms with Gasteiger partial charge < -0.3 is 4.90 Å². The van der Waals surface area contributed by atoms with E-state index in [0.717, 1.165) is 5.56 Å². The van der Waals surface area contributed by atoms with E-state index in [-0.39, 0.29) is 17.3 Å². The number of amides is 1. The van der Waals surface area contributed by atoms with E-state index in [1.807, 2.05) is 6.07 Å². The number of aromatic nitrogens is 2. The first-order chi connectivity index (χ1) is 11.3. The van der Waals surface area contributed by atoms with E-state index in [4.69, 9.17) is 0 Å². The van der Waals surface area contributed by atoms with Crippen LogP contribution in [0.1, 0.15) is 45.7 Å². The predicted octanol–water partition coefficient (Wildman–Crippen LogP) is 2.30. The molecule has 0 N–H and O–H groups in total. The molecule has 1 atom stereocenters. The molecule has 126 valence electrons. The molecule has 2 aromatic rings. The topological polar surface area (TPSA) is 55.2 Å². The van der Waals surface area contributed by atoms with Crippen molar-refractivity contribution in [1.82, 2.24) is 14.7 Å². The van der Waals surface area contributed by atoms with E-state index in [1.165, 1.54) is 17.8 Å². The first-order valence-corrected chi connectivity index (χ1v) is 7.95. The maximum Gasteiger partial charge on any atom is 0.279 e. The largest absolute Gasteiger partial charge is 0.331 e. The molecule has 0 bridgehead atoms. The molecule has 2 heterocycles. The molecule has 0 radical (unpaired) electrons. The molecular formula is C18H20FN3O2. The second-order valence-electron chi connectivity index (χ2n) is 6.25. The third kappa shape index (κ3) is 2.42. The number of carbonyl (C=O) groups is 1. The van der Waals surface area contributed by atoms with Crippen LogP contribution in [-0.4, -0.2) is 27.1 Å². The van der Waals surface area contributed by atoms with Crippen molar-refractivity contribution >= 4 is 5.91 Å². The van der Waals surface area contributed by atoms with Crippen LogP contribution in [-0.2, 0) is 13.5 Å². The van der Waals surface area contributed by atoms with Gasteiger partial charge in [-0.3, -0.25) is 9.59 Å². The summed E-state index contributed by atoms with van der Waals surface area (Å²) in [4.78, 5) is 27.0. The van der Waals surface area contributed by atoms with Gasteiger partial charge in [0.1, 0.15) is 11.4 Å². The fraction of sp³-hybridized carbons (Fsp3) is 0.389. The van der Waals surface area contributed by atoms with Gasteiger partial charge in [-0.1, -0.05) is 12.1 Å². The Balaban J connectivity index is 2.07. The molecule has 5 nitrogen and oxygen atoms in total. The summed E-state index contributed by atoms with van der Waals surface area (Å²) in [5.74, 6) is -0.673. The van der Waals surface area contributed by atoms with Crippen molar-refractivity contribution in [2.75, 3.05) is 6.54 Å². The molecule has 0 aliphatic carbocycles. The van der Waals surface area contributed by atoms with Crippen molar-refractivity contribution in [2.45, 2.75) is 33.2 Å². The Hall–Kier alpha value is -2.50. The summed E-state index contributed by atoms with van der Waals surface area (Å²) in [6.07, 6.45) is 0.576. The summed E-state index contributed by atoms with van der Waals surface area (Å²) in [7, 11) is 1.53. The Kier molecular flexibility index (Phi) is 3.99. The van der Waals surface area contributed by atoms with E-state index >= 15 is 0 Å². The van der Waals surface area contributed by atoms with Crippen LogP contribution < -0.4 is 5.56 Å². The number of hydrogen-bond acceptors (Lipinski definition) is 3. The van der Waals surface area contributed by atoms with Gasteiger partial charge in [-0.2, -0.15) is 5.10 Å². The summed E-state index contributed by atoms with van der Waals surface area (Å²) in [6, 6.07) is 4.56. The zero-order valence-electron chi connectivity index (χ0n) is 14.3. The minimum Gasteiger partial charge on any atom is -0.331 e. The van der Waals surface area contributed by atoms with Gasteiger partial charge in [-0.15, -0.1) is 0 Å². The molecular weight excluding hydrogens is 309 g/mol. The number of benzene rings is 1. The molecule has 1 aliphatic rings. The third-order valence-corrected chi connectivity index (χ3v) is 4.85. The van der Waals surface area contributed by atoms with Crippen LogP contribution in [0.5, 0.6) is 0 Å². The Morgan fingerprint density at radius 3 is 2.75 bits per heavy atom. The Morgan fingerprint density at radius 1 is 1.33 bits per heavy atom. The first-order valence-electron chi connectivity index (χ1n) is 7.95. The molecule has 24 heavy (non-hydrogen) atoms. The van der Waals surface area contributed by atoms with Crippen molar-refractivity contribution in [1.29, 1.82) is 0 Å². The van der Waals surface area contributed by atoms with Crippen molar-refractivity contribution in [3.05, 3.63) is 62.3 Å². The molecule has 0 saturated heterocycles. The minimum atomic E-state index is -0.422. The predicted molar refractivity (Wildman–Crippen MR) is 88.5 cm³/mol. The summed E-state index contributed by atoms with van der Waals surface area (Å²) >= 11 is 0. The first kappa shape index (κ1) is 16.4. The zero-order chi connectivity index (χ0) is 17.6. The van der Waals surface area contributed by atoms with Crippen LogP contribution >= 0.6 is 0 Å².